The highest BCUT2D eigenvalue weighted by molar-refractivity contribution is 5.96. The highest BCUT2D eigenvalue weighted by Gasteiger charge is 2.35. The predicted octanol–water partition coefficient (Wildman–Crippen LogP) is 2.05. The van der Waals surface area contributed by atoms with Gasteiger partial charge in [0.05, 0.1) is 0 Å². The number of halogens is 1. The average Bonchev–Trinajstić information content (AvgIpc) is 2.55. The number of carbonyl (C=O) groups is 2. The summed E-state index contributed by atoms with van der Waals surface area (Å²) in [6.07, 6.45) is 0.700. The molecule has 2 rings (SSSR count). The van der Waals surface area contributed by atoms with E-state index in [1.807, 2.05) is 0 Å². The molecule has 0 aliphatic rings. The molecule has 1 heterocycles. The zero-order valence-corrected chi connectivity index (χ0v) is 14.7. The van der Waals surface area contributed by atoms with Crippen molar-refractivity contribution in [2.75, 3.05) is 0 Å². The summed E-state index contributed by atoms with van der Waals surface area (Å²) in [5.74, 6) is -2.70. The van der Waals surface area contributed by atoms with Crippen molar-refractivity contribution in [3.05, 3.63) is 57.8 Å². The molecule has 0 spiro atoms. The molecular formula is C18H20FN3O4. The molecule has 1 aromatic heterocycles. The Hall–Kier alpha value is -3.03. The van der Waals surface area contributed by atoms with Crippen molar-refractivity contribution >= 4 is 11.9 Å². The fourth-order valence-electron chi connectivity index (χ4n) is 2.60. The molecule has 0 saturated carbocycles. The van der Waals surface area contributed by atoms with Crippen LogP contribution >= 0.6 is 0 Å². The van der Waals surface area contributed by atoms with Gasteiger partial charge in [-0.3, -0.25) is 9.59 Å². The average molecular weight is 361 g/mol. The van der Waals surface area contributed by atoms with Crippen molar-refractivity contribution in [3.8, 4) is 5.69 Å². The Labute approximate surface area is 149 Å². The van der Waals surface area contributed by atoms with Crippen LogP contribution in [-0.4, -0.2) is 32.3 Å². The number of rotatable bonds is 6. The molecule has 2 N–H and O–H groups in total. The number of nitrogens with zero attached hydrogens (tertiary/aromatic N) is 2. The van der Waals surface area contributed by atoms with Crippen molar-refractivity contribution in [2.45, 2.75) is 39.2 Å². The van der Waals surface area contributed by atoms with Gasteiger partial charge in [-0.05, 0) is 32.4 Å². The van der Waals surface area contributed by atoms with E-state index in [2.05, 4.69) is 10.4 Å². The molecule has 0 aliphatic heterocycles. The van der Waals surface area contributed by atoms with Crippen molar-refractivity contribution in [1.29, 1.82) is 0 Å². The molecule has 7 nitrogen and oxygen atoms in total. The van der Waals surface area contributed by atoms with Crippen LogP contribution in [0.5, 0.6) is 0 Å². The van der Waals surface area contributed by atoms with Gasteiger partial charge >= 0.3 is 5.97 Å². The lowest BCUT2D eigenvalue weighted by Gasteiger charge is -2.25. The number of benzene rings is 1. The summed E-state index contributed by atoms with van der Waals surface area (Å²) in [5, 5.41) is 15.7. The summed E-state index contributed by atoms with van der Waals surface area (Å²) >= 11 is 0. The molecule has 0 saturated heterocycles. The fraction of sp³-hybridized carbons (Fsp3) is 0.333. The summed E-state index contributed by atoms with van der Waals surface area (Å²) in [5.41, 5.74) is -2.28. The molecule has 2 aromatic rings. The van der Waals surface area contributed by atoms with E-state index in [1.54, 1.807) is 19.9 Å². The summed E-state index contributed by atoms with van der Waals surface area (Å²) in [6, 6.07) is 6.96. The first-order valence-electron chi connectivity index (χ1n) is 8.11. The summed E-state index contributed by atoms with van der Waals surface area (Å²) in [4.78, 5) is 36.2. The topological polar surface area (TPSA) is 101 Å². The largest absolute Gasteiger partial charge is 0.480 e. The molecule has 0 bridgehead atoms. The number of aliphatic carboxylic acids is 1. The Morgan fingerprint density at radius 2 is 2.00 bits per heavy atom. The lowest BCUT2D eigenvalue weighted by molar-refractivity contribution is -0.144. The first-order valence-corrected chi connectivity index (χ1v) is 8.11. The van der Waals surface area contributed by atoms with Crippen LogP contribution in [-0.2, 0) is 4.79 Å². The third-order valence-electron chi connectivity index (χ3n) is 4.01. The second kappa shape index (κ2) is 7.47. The second-order valence-corrected chi connectivity index (χ2v) is 6.20. The lowest BCUT2D eigenvalue weighted by Crippen LogP contribution is -2.53. The number of hydrogen-bond acceptors (Lipinski definition) is 4. The molecule has 0 fully saturated rings. The van der Waals surface area contributed by atoms with Crippen LogP contribution in [0.1, 0.15) is 42.9 Å². The number of hydrogen-bond donors (Lipinski definition) is 2. The number of para-hydroxylation sites is 1. The van der Waals surface area contributed by atoms with Crippen molar-refractivity contribution in [1.82, 2.24) is 15.1 Å². The van der Waals surface area contributed by atoms with Crippen molar-refractivity contribution < 1.29 is 19.1 Å². The Balaban J connectivity index is 2.49. The third kappa shape index (κ3) is 3.79. The maximum atomic E-state index is 14.0. The van der Waals surface area contributed by atoms with Crippen molar-refractivity contribution in [2.24, 2.45) is 0 Å². The van der Waals surface area contributed by atoms with Gasteiger partial charge in [0.25, 0.3) is 5.91 Å². The van der Waals surface area contributed by atoms with E-state index in [1.165, 1.54) is 25.1 Å². The standard InChI is InChI=1S/C18H20FN3O4/c1-4-9-18(3,17(25)26)20-16(24)15-14(23)10-11(2)22(21-15)13-8-6-5-7-12(13)19/h5-8,10H,4,9H2,1-3H3,(H,20,24)(H,25,26). The van der Waals surface area contributed by atoms with Gasteiger partial charge < -0.3 is 10.4 Å². The second-order valence-electron chi connectivity index (χ2n) is 6.20. The van der Waals surface area contributed by atoms with E-state index in [0.29, 0.717) is 12.1 Å². The zero-order valence-electron chi connectivity index (χ0n) is 14.7. The maximum absolute atomic E-state index is 14.0. The summed E-state index contributed by atoms with van der Waals surface area (Å²) in [7, 11) is 0. The van der Waals surface area contributed by atoms with Gasteiger partial charge in [0.2, 0.25) is 5.43 Å². The third-order valence-corrected chi connectivity index (χ3v) is 4.01. The number of carboxylic acids is 1. The monoisotopic (exact) mass is 361 g/mol. The van der Waals surface area contributed by atoms with E-state index < -0.39 is 34.4 Å². The van der Waals surface area contributed by atoms with Crippen LogP contribution in [0.25, 0.3) is 5.69 Å². The van der Waals surface area contributed by atoms with Crippen LogP contribution in [0.2, 0.25) is 0 Å². The molecule has 1 aromatic carbocycles. The van der Waals surface area contributed by atoms with Crippen LogP contribution in [0.3, 0.4) is 0 Å². The maximum Gasteiger partial charge on any atom is 0.329 e. The van der Waals surface area contributed by atoms with Gasteiger partial charge in [0.15, 0.2) is 5.69 Å². The lowest BCUT2D eigenvalue weighted by atomic mass is 9.96. The zero-order chi connectivity index (χ0) is 19.5. The molecule has 0 aliphatic carbocycles. The fourth-order valence-corrected chi connectivity index (χ4v) is 2.60. The normalized spacial score (nSPS) is 13.1. The van der Waals surface area contributed by atoms with Gasteiger partial charge in [-0.25, -0.2) is 13.9 Å². The van der Waals surface area contributed by atoms with Gasteiger partial charge in [-0.1, -0.05) is 25.5 Å². The first-order chi connectivity index (χ1) is 12.2. The number of aryl methyl sites for hydroxylation is 1. The van der Waals surface area contributed by atoms with E-state index >= 15 is 0 Å². The smallest absolute Gasteiger partial charge is 0.329 e. The van der Waals surface area contributed by atoms with E-state index in [9.17, 15) is 23.9 Å². The predicted molar refractivity (Wildman–Crippen MR) is 92.9 cm³/mol. The summed E-state index contributed by atoms with van der Waals surface area (Å²) < 4.78 is 15.2. The van der Waals surface area contributed by atoms with Gasteiger partial charge in [-0.2, -0.15) is 5.10 Å². The Morgan fingerprint density at radius 1 is 1.35 bits per heavy atom. The number of nitrogens with one attached hydrogen (secondary N) is 1. The van der Waals surface area contributed by atoms with E-state index in [-0.39, 0.29) is 12.1 Å². The van der Waals surface area contributed by atoms with Gasteiger partial charge in [-0.15, -0.1) is 0 Å². The van der Waals surface area contributed by atoms with Gasteiger partial charge in [0, 0.05) is 11.8 Å². The van der Waals surface area contributed by atoms with Crippen LogP contribution in [0.4, 0.5) is 4.39 Å². The minimum absolute atomic E-state index is 0.0774. The first kappa shape index (κ1) is 19.3. The SMILES string of the molecule is CCCC(C)(NC(=O)c1nn(-c2ccccc2F)c(C)cc1=O)C(=O)O. The van der Waals surface area contributed by atoms with Gasteiger partial charge in [0.1, 0.15) is 17.0 Å². The molecule has 0 radical (unpaired) electrons. The highest BCUT2D eigenvalue weighted by Crippen LogP contribution is 2.15. The molecule has 1 amide bonds. The number of carboxylic acid groups (broad SMARTS) is 1. The molecule has 1 atom stereocenters. The number of aromatic nitrogens is 2. The Bertz CT molecular complexity index is 910. The quantitative estimate of drug-likeness (QED) is 0.820. The Kier molecular flexibility index (Phi) is 5.54. The molecular weight excluding hydrogens is 341 g/mol. The van der Waals surface area contributed by atoms with Crippen molar-refractivity contribution in [3.63, 3.8) is 0 Å². The van der Waals surface area contributed by atoms with E-state index in [0.717, 1.165) is 10.7 Å². The van der Waals surface area contributed by atoms with Crippen LogP contribution in [0, 0.1) is 12.7 Å². The van der Waals surface area contributed by atoms with Crippen LogP contribution in [0.15, 0.2) is 35.1 Å². The molecule has 26 heavy (non-hydrogen) atoms. The molecule has 138 valence electrons. The number of amides is 1. The molecule has 8 heteroatoms. The van der Waals surface area contributed by atoms with Crippen LogP contribution < -0.4 is 10.7 Å². The minimum Gasteiger partial charge on any atom is -0.480 e. The Morgan fingerprint density at radius 3 is 2.58 bits per heavy atom. The minimum atomic E-state index is -1.53. The number of carbonyl (C=O) groups excluding carboxylic acids is 1. The summed E-state index contributed by atoms with van der Waals surface area (Å²) in [6.45, 7) is 4.70. The molecule has 1 unspecified atom stereocenters. The highest BCUT2D eigenvalue weighted by atomic mass is 19.1. The van der Waals surface area contributed by atoms with E-state index in [4.69, 9.17) is 0 Å².